The van der Waals surface area contributed by atoms with Gasteiger partial charge in [-0.25, -0.2) is 0 Å². The summed E-state index contributed by atoms with van der Waals surface area (Å²) < 4.78 is 0.895. The quantitative estimate of drug-likeness (QED) is 0.407. The van der Waals surface area contributed by atoms with Crippen LogP contribution in [0.4, 0.5) is 0 Å². The summed E-state index contributed by atoms with van der Waals surface area (Å²) in [6.45, 7) is 10.7. The molecule has 0 fully saturated rings. The van der Waals surface area contributed by atoms with Gasteiger partial charge in [-0.1, -0.05) is 4.73 Å². The van der Waals surface area contributed by atoms with Crippen LogP contribution in [0, 0.1) is 6.92 Å². The standard InChI is InChI=1S/C10H13N2O2/c1-7(13)8-5-6-12(14)9(11-8)10(2,3)4/h1,5-6,14H,2-4H3/q+1. The summed E-state index contributed by atoms with van der Waals surface area (Å²) in [5, 5.41) is 9.45. The molecule has 4 heteroatoms. The van der Waals surface area contributed by atoms with E-state index >= 15 is 0 Å². The largest absolute Gasteiger partial charge is 0.350 e. The first kappa shape index (κ1) is 10.6. The molecule has 1 rings (SSSR count). The van der Waals surface area contributed by atoms with E-state index in [2.05, 4.69) is 4.98 Å². The molecule has 1 aromatic rings. The maximum absolute atomic E-state index is 10.9. The molecule has 0 bridgehead atoms. The Bertz CT molecular complexity index is 367. The van der Waals surface area contributed by atoms with Gasteiger partial charge in [0.25, 0.3) is 0 Å². The first-order valence-electron chi connectivity index (χ1n) is 4.24. The van der Waals surface area contributed by atoms with Gasteiger partial charge in [0.05, 0.1) is 5.41 Å². The minimum atomic E-state index is -0.601. The molecule has 0 aromatic carbocycles. The molecule has 0 amide bonds. The van der Waals surface area contributed by atoms with E-state index in [1.54, 1.807) is 0 Å². The van der Waals surface area contributed by atoms with Crippen molar-refractivity contribution in [2.75, 3.05) is 0 Å². The molecule has 1 N–H and O–H groups in total. The fraction of sp³-hybridized carbons (Fsp3) is 0.400. The normalized spacial score (nSPS) is 11.4. The summed E-state index contributed by atoms with van der Waals surface area (Å²) in [6.07, 6.45) is 1.35. The molecule has 4 nitrogen and oxygen atoms in total. The maximum Gasteiger partial charge on any atom is 0.342 e. The average Bonchev–Trinajstić information content (AvgIpc) is 2.02. The van der Waals surface area contributed by atoms with Crippen molar-refractivity contribution in [3.8, 4) is 0 Å². The van der Waals surface area contributed by atoms with Gasteiger partial charge in [-0.3, -0.25) is 4.79 Å². The van der Waals surface area contributed by atoms with Crippen LogP contribution in [-0.2, 0) is 5.41 Å². The Balaban J connectivity index is 3.29. The molecular weight excluding hydrogens is 180 g/mol. The molecule has 0 aliphatic heterocycles. The number of rotatable bonds is 1. The second-order valence-electron chi connectivity index (χ2n) is 4.10. The zero-order chi connectivity index (χ0) is 10.9. The lowest BCUT2D eigenvalue weighted by atomic mass is 9.95. The van der Waals surface area contributed by atoms with E-state index in [1.807, 2.05) is 20.8 Å². The van der Waals surface area contributed by atoms with Crippen molar-refractivity contribution >= 4 is 5.78 Å². The van der Waals surface area contributed by atoms with E-state index in [9.17, 15) is 10.0 Å². The van der Waals surface area contributed by atoms with E-state index in [4.69, 9.17) is 6.92 Å². The van der Waals surface area contributed by atoms with Crippen molar-refractivity contribution in [2.24, 2.45) is 0 Å². The first-order chi connectivity index (χ1) is 6.32. The summed E-state index contributed by atoms with van der Waals surface area (Å²) in [5.74, 6) is -0.204. The lowest BCUT2D eigenvalue weighted by molar-refractivity contribution is -0.913. The van der Waals surface area contributed by atoms with Gasteiger partial charge in [0.2, 0.25) is 11.5 Å². The average molecular weight is 193 g/mol. The van der Waals surface area contributed by atoms with E-state index in [-0.39, 0.29) is 11.1 Å². The highest BCUT2D eigenvalue weighted by molar-refractivity contribution is 5.97. The van der Waals surface area contributed by atoms with E-state index in [1.165, 1.54) is 12.3 Å². The molecule has 0 saturated heterocycles. The molecule has 2 radical (unpaired) electrons. The number of hydrogen-bond donors (Lipinski definition) is 1. The smallest absolute Gasteiger partial charge is 0.342 e. The first-order valence-corrected chi connectivity index (χ1v) is 4.24. The number of ketones is 1. The third-order valence-corrected chi connectivity index (χ3v) is 1.74. The Labute approximate surface area is 83.2 Å². The van der Waals surface area contributed by atoms with E-state index in [0.29, 0.717) is 5.82 Å². The third-order valence-electron chi connectivity index (χ3n) is 1.74. The number of aromatic nitrogens is 2. The van der Waals surface area contributed by atoms with Crippen molar-refractivity contribution in [1.82, 2.24) is 4.98 Å². The fourth-order valence-corrected chi connectivity index (χ4v) is 1.06. The second-order valence-corrected chi connectivity index (χ2v) is 4.10. The number of nitrogens with zero attached hydrogens (tertiary/aromatic N) is 2. The molecule has 14 heavy (non-hydrogen) atoms. The van der Waals surface area contributed by atoms with Crippen LogP contribution in [-0.4, -0.2) is 16.0 Å². The van der Waals surface area contributed by atoms with Gasteiger partial charge in [-0.05, 0) is 25.8 Å². The lowest BCUT2D eigenvalue weighted by Gasteiger charge is -2.11. The van der Waals surface area contributed by atoms with Gasteiger partial charge in [0, 0.05) is 13.0 Å². The Kier molecular flexibility index (Phi) is 2.55. The van der Waals surface area contributed by atoms with Crippen molar-refractivity contribution in [3.05, 3.63) is 30.7 Å². The summed E-state index contributed by atoms with van der Waals surface area (Å²) in [4.78, 5) is 14.8. The predicted octanol–water partition coefficient (Wildman–Crippen LogP) is 0.798. The summed E-state index contributed by atoms with van der Waals surface area (Å²) in [6, 6.07) is 1.37. The van der Waals surface area contributed by atoms with Crippen LogP contribution < -0.4 is 4.73 Å². The molecule has 0 aliphatic carbocycles. The Morgan fingerprint density at radius 2 is 2.14 bits per heavy atom. The van der Waals surface area contributed by atoms with Crippen molar-refractivity contribution < 1.29 is 14.7 Å². The zero-order valence-corrected chi connectivity index (χ0v) is 8.48. The SMILES string of the molecule is [CH]C(=O)c1cc[n+](O)c(C(C)(C)C)n1. The van der Waals surface area contributed by atoms with Gasteiger partial charge in [0.15, 0.2) is 0 Å². The minimum absolute atomic E-state index is 0.153. The third kappa shape index (κ3) is 2.07. The fourth-order valence-electron chi connectivity index (χ4n) is 1.06. The highest BCUT2D eigenvalue weighted by atomic mass is 16.5. The van der Waals surface area contributed by atoms with E-state index in [0.717, 1.165) is 4.73 Å². The summed E-state index contributed by atoms with van der Waals surface area (Å²) in [5.41, 5.74) is -0.194. The Morgan fingerprint density at radius 1 is 1.57 bits per heavy atom. The summed E-state index contributed by atoms with van der Waals surface area (Å²) in [7, 11) is 0. The molecule has 1 heterocycles. The zero-order valence-electron chi connectivity index (χ0n) is 8.48. The van der Waals surface area contributed by atoms with Crippen LogP contribution in [0.15, 0.2) is 12.3 Å². The molecule has 0 saturated carbocycles. The minimum Gasteiger partial charge on any atom is -0.350 e. The number of carbonyl (C=O) groups excluding carboxylic acids is 1. The molecule has 0 unspecified atom stereocenters. The second kappa shape index (κ2) is 3.36. The highest BCUT2D eigenvalue weighted by Gasteiger charge is 2.30. The van der Waals surface area contributed by atoms with Crippen LogP contribution in [0.5, 0.6) is 0 Å². The van der Waals surface area contributed by atoms with Crippen LogP contribution in [0.1, 0.15) is 37.1 Å². The van der Waals surface area contributed by atoms with Crippen LogP contribution in [0.3, 0.4) is 0 Å². The lowest BCUT2D eigenvalue weighted by Crippen LogP contribution is -2.42. The molecule has 0 spiro atoms. The van der Waals surface area contributed by atoms with Gasteiger partial charge >= 0.3 is 5.82 Å². The Morgan fingerprint density at radius 3 is 2.57 bits per heavy atom. The van der Waals surface area contributed by atoms with Gasteiger partial charge in [-0.2, -0.15) is 0 Å². The van der Waals surface area contributed by atoms with Crippen molar-refractivity contribution in [3.63, 3.8) is 0 Å². The number of carbonyl (C=O) groups is 1. The highest BCUT2D eigenvalue weighted by Crippen LogP contribution is 2.16. The molecular formula is C10H13N2O2+. The molecule has 0 aliphatic rings. The summed E-state index contributed by atoms with van der Waals surface area (Å²) >= 11 is 0. The number of Topliss-reactive ketones (excluding diaryl/α,β-unsaturated/α-hetero) is 1. The Hall–Kier alpha value is -1.45. The maximum atomic E-state index is 10.9. The van der Waals surface area contributed by atoms with Crippen LogP contribution >= 0.6 is 0 Å². The van der Waals surface area contributed by atoms with E-state index < -0.39 is 5.78 Å². The topological polar surface area (TPSA) is 54.1 Å². The molecule has 74 valence electrons. The van der Waals surface area contributed by atoms with Crippen molar-refractivity contribution in [1.29, 1.82) is 0 Å². The number of hydrogen-bond acceptors (Lipinski definition) is 3. The predicted molar refractivity (Wildman–Crippen MR) is 48.9 cm³/mol. The van der Waals surface area contributed by atoms with Gasteiger partial charge in [0.1, 0.15) is 6.20 Å². The van der Waals surface area contributed by atoms with Gasteiger partial charge in [-0.15, -0.1) is 0 Å². The molecule has 1 aromatic heterocycles. The molecule has 0 atom stereocenters. The van der Waals surface area contributed by atoms with Gasteiger partial charge < -0.3 is 5.21 Å². The van der Waals surface area contributed by atoms with Crippen LogP contribution in [0.2, 0.25) is 0 Å². The monoisotopic (exact) mass is 193 g/mol. The van der Waals surface area contributed by atoms with Crippen molar-refractivity contribution in [2.45, 2.75) is 26.2 Å². The van der Waals surface area contributed by atoms with Crippen LogP contribution in [0.25, 0.3) is 0 Å².